The molecule has 8 aromatic rings. The summed E-state index contributed by atoms with van der Waals surface area (Å²) in [7, 11) is 3.01. The highest BCUT2D eigenvalue weighted by Crippen LogP contribution is 2.19. The van der Waals surface area contributed by atoms with E-state index in [4.69, 9.17) is 32.9 Å². The molecule has 66 heavy (non-hydrogen) atoms. The molecule has 6 nitrogen and oxygen atoms in total. The van der Waals surface area contributed by atoms with Crippen molar-refractivity contribution in [1.29, 1.82) is 0 Å². The van der Waals surface area contributed by atoms with Crippen molar-refractivity contribution < 1.29 is 19.4 Å². The molecule has 0 radical (unpaired) electrons. The van der Waals surface area contributed by atoms with E-state index in [2.05, 4.69) is 105 Å². The molecule has 5 N–H and O–H groups in total. The second kappa shape index (κ2) is 30.7. The minimum Gasteiger partial charge on any atom is -0.508 e. The van der Waals surface area contributed by atoms with E-state index in [1.165, 1.54) is 57.2 Å². The number of nitrogens with two attached hydrogens (primary N) is 2. The van der Waals surface area contributed by atoms with Gasteiger partial charge in [0.2, 0.25) is 0 Å². The van der Waals surface area contributed by atoms with Crippen molar-refractivity contribution in [3.8, 4) is 22.6 Å². The van der Waals surface area contributed by atoms with Crippen LogP contribution in [0.25, 0.3) is 11.1 Å². The predicted octanol–water partition coefficient (Wildman–Crippen LogP) is 15.3. The second-order valence-electron chi connectivity index (χ2n) is 15.5. The van der Waals surface area contributed by atoms with Gasteiger partial charge in [-0.1, -0.05) is 190 Å². The molecule has 8 rings (SSSR count). The van der Waals surface area contributed by atoms with Crippen molar-refractivity contribution in [2.24, 2.45) is 0 Å². The molecule has 0 aliphatic carbocycles. The highest BCUT2D eigenvalue weighted by Gasteiger charge is 2.08. The molecule has 7 heteroatoms. The third-order valence-electron chi connectivity index (χ3n) is 9.37. The number of nitrogen functional groups attached to an aromatic ring is 2. The predicted molar refractivity (Wildman–Crippen MR) is 282 cm³/mol. The van der Waals surface area contributed by atoms with Crippen molar-refractivity contribution >= 4 is 28.9 Å². The summed E-state index contributed by atoms with van der Waals surface area (Å²) < 4.78 is 9.52. The van der Waals surface area contributed by atoms with E-state index in [1.807, 2.05) is 125 Å². The Morgan fingerprint density at radius 1 is 0.439 bits per heavy atom. The highest BCUT2D eigenvalue weighted by atomic mass is 35.5. The average molecular weight is 904 g/mol. The Labute approximate surface area is 399 Å². The first-order valence-corrected chi connectivity index (χ1v) is 21.9. The summed E-state index contributed by atoms with van der Waals surface area (Å²) in [5, 5.41) is 9.56. The molecule has 0 aromatic heterocycles. The maximum absolute atomic E-state index is 11.1. The van der Waals surface area contributed by atoms with Crippen molar-refractivity contribution in [1.82, 2.24) is 0 Å². The first kappa shape index (κ1) is 54.9. The Kier molecular flexibility index (Phi) is 25.5. The number of carbonyl (C=O) groups is 1. The van der Waals surface area contributed by atoms with Gasteiger partial charge in [0.15, 0.2) is 0 Å². The summed E-state index contributed by atoms with van der Waals surface area (Å²) >= 11 is 5.61. The normalized spacial score (nSPS) is 9.38. The zero-order valence-electron chi connectivity index (χ0n) is 40.2. The van der Waals surface area contributed by atoms with Gasteiger partial charge in [0, 0.05) is 16.4 Å². The highest BCUT2D eigenvalue weighted by molar-refractivity contribution is 6.30. The number of rotatable bonds is 3. The lowest BCUT2D eigenvalue weighted by atomic mass is 10.0. The van der Waals surface area contributed by atoms with Crippen molar-refractivity contribution in [3.63, 3.8) is 0 Å². The van der Waals surface area contributed by atoms with E-state index in [0.717, 1.165) is 22.0 Å². The van der Waals surface area contributed by atoms with Crippen LogP contribution in [0.2, 0.25) is 5.02 Å². The summed E-state index contributed by atoms with van der Waals surface area (Å²) in [5.74, 6) is 0.854. The fourth-order valence-electron chi connectivity index (χ4n) is 5.29. The van der Waals surface area contributed by atoms with Gasteiger partial charge < -0.3 is 26.0 Å². The summed E-state index contributed by atoms with van der Waals surface area (Å²) in [4.78, 5) is 11.1. The number of methoxy groups -OCH3 is 2. The molecular formula is C59H67ClN2O4. The van der Waals surface area contributed by atoms with Crippen molar-refractivity contribution in [2.45, 2.75) is 55.4 Å². The van der Waals surface area contributed by atoms with Crippen LogP contribution in [0.3, 0.4) is 0 Å². The number of esters is 1. The lowest BCUT2D eigenvalue weighted by Gasteiger charge is -2.03. The van der Waals surface area contributed by atoms with Gasteiger partial charge in [-0.25, -0.2) is 4.79 Å². The van der Waals surface area contributed by atoms with E-state index in [9.17, 15) is 4.79 Å². The zero-order valence-corrected chi connectivity index (χ0v) is 40.9. The smallest absolute Gasteiger partial charge is 0.339 e. The van der Waals surface area contributed by atoms with Crippen LogP contribution in [0.1, 0.15) is 54.9 Å². The summed E-state index contributed by atoms with van der Waals surface area (Å²) in [6.45, 7) is 16.3. The molecule has 0 saturated carbocycles. The molecule has 0 aliphatic heterocycles. The number of phenols is 1. The number of phenolic OH excluding ortho intramolecular Hbond substituents is 1. The lowest BCUT2D eigenvalue weighted by molar-refractivity contribution is 0.0601. The number of aryl methyl sites for hydroxylation is 8. The van der Waals surface area contributed by atoms with Gasteiger partial charge in [0.05, 0.1) is 19.8 Å². The molecule has 344 valence electrons. The number of aromatic hydroxyl groups is 1. The Balaban J connectivity index is 0.000000267. The van der Waals surface area contributed by atoms with Crippen LogP contribution >= 0.6 is 11.6 Å². The molecule has 0 bridgehead atoms. The molecular weight excluding hydrogens is 836 g/mol. The second-order valence-corrected chi connectivity index (χ2v) is 16.0. The average Bonchev–Trinajstić information content (AvgIpc) is 3.33. The van der Waals surface area contributed by atoms with Crippen LogP contribution in [0.4, 0.5) is 11.4 Å². The molecule has 0 aliphatic rings. The Morgan fingerprint density at radius 2 is 0.788 bits per heavy atom. The fraction of sp³-hybridized carbons (Fsp3) is 0.169. The number of anilines is 2. The third kappa shape index (κ3) is 24.0. The van der Waals surface area contributed by atoms with E-state index in [-0.39, 0.29) is 0 Å². The summed E-state index contributed by atoms with van der Waals surface area (Å²) in [5.41, 5.74) is 25.1. The largest absolute Gasteiger partial charge is 0.508 e. The van der Waals surface area contributed by atoms with Gasteiger partial charge in [0.25, 0.3) is 0 Å². The Hall–Kier alpha value is -7.28. The topological polar surface area (TPSA) is 108 Å². The number of hydrogen-bond donors (Lipinski definition) is 3. The standard InChI is InChI=1S/C13H12.C9H11NO2.C8H10O.C8H10.C7H7Cl.C7H9N.C7H8O/c1-11-7-9-13(10-8-11)12-5-3-2-4-6-12;1-6-3-4-8(10)7(5-6)9(11)12-2;1-7-3-5-8(9-2)6-4-7;1-7-3-5-8(2)6-4-7;3*1-6-2-4-7(8)5-3-6/h2-10H,1H3;3-5H,10H2,1-2H3;3-6H,1-2H3;3-6H,1-2H3;2-5H,1H3;2-5H,8H2,1H3;2-5,8H,1H3. The fourth-order valence-corrected chi connectivity index (χ4v) is 5.42. The minimum atomic E-state index is -0.392. The monoisotopic (exact) mass is 902 g/mol. The van der Waals surface area contributed by atoms with Gasteiger partial charge in [-0.05, 0) is 127 Å². The molecule has 0 heterocycles. The Morgan fingerprint density at radius 3 is 1.17 bits per heavy atom. The number of benzene rings is 8. The van der Waals surface area contributed by atoms with Crippen LogP contribution in [0.15, 0.2) is 194 Å². The molecule has 0 spiro atoms. The maximum Gasteiger partial charge on any atom is 0.339 e. The van der Waals surface area contributed by atoms with E-state index in [0.29, 0.717) is 17.0 Å². The van der Waals surface area contributed by atoms with Gasteiger partial charge in [0.1, 0.15) is 11.5 Å². The minimum absolute atomic E-state index is 0.329. The van der Waals surface area contributed by atoms with Gasteiger partial charge in [-0.2, -0.15) is 0 Å². The van der Waals surface area contributed by atoms with E-state index in [1.54, 1.807) is 31.4 Å². The van der Waals surface area contributed by atoms with Crippen LogP contribution in [0.5, 0.6) is 11.5 Å². The maximum atomic E-state index is 11.1. The van der Waals surface area contributed by atoms with Gasteiger partial charge in [-0.15, -0.1) is 0 Å². The zero-order chi connectivity index (χ0) is 48.9. The van der Waals surface area contributed by atoms with Gasteiger partial charge in [-0.3, -0.25) is 0 Å². The number of hydrogen-bond acceptors (Lipinski definition) is 6. The van der Waals surface area contributed by atoms with E-state index >= 15 is 0 Å². The van der Waals surface area contributed by atoms with Crippen molar-refractivity contribution in [2.75, 3.05) is 25.7 Å². The molecule has 0 fully saturated rings. The van der Waals surface area contributed by atoms with Crippen LogP contribution in [0, 0.1) is 55.4 Å². The molecule has 8 aromatic carbocycles. The number of halogens is 1. The SMILES string of the molecule is COC(=O)c1cc(C)ccc1N.COc1ccc(C)cc1.Cc1ccc(-c2ccccc2)cc1.Cc1ccc(C)cc1.Cc1ccc(Cl)cc1.Cc1ccc(N)cc1.Cc1ccc(O)cc1. The summed E-state index contributed by atoms with van der Waals surface area (Å²) in [6.07, 6.45) is 0. The van der Waals surface area contributed by atoms with Crippen LogP contribution < -0.4 is 16.2 Å². The first-order chi connectivity index (χ1) is 31.5. The van der Waals surface area contributed by atoms with Crippen molar-refractivity contribution in [3.05, 3.63) is 249 Å². The molecule has 0 atom stereocenters. The number of carbonyl (C=O) groups excluding carboxylic acids is 1. The molecule has 0 amide bonds. The Bertz CT molecular complexity index is 2270. The first-order valence-electron chi connectivity index (χ1n) is 21.5. The number of ether oxygens (including phenoxy) is 2. The molecule has 0 saturated heterocycles. The molecule has 0 unspecified atom stereocenters. The quantitative estimate of drug-likeness (QED) is 0.120. The van der Waals surface area contributed by atoms with Crippen LogP contribution in [-0.2, 0) is 4.74 Å². The summed E-state index contributed by atoms with van der Waals surface area (Å²) in [6, 6.07) is 63.3. The van der Waals surface area contributed by atoms with Gasteiger partial charge >= 0.3 is 5.97 Å². The van der Waals surface area contributed by atoms with E-state index < -0.39 is 5.97 Å². The van der Waals surface area contributed by atoms with Crippen LogP contribution in [-0.4, -0.2) is 25.3 Å². The third-order valence-corrected chi connectivity index (χ3v) is 9.62. The lowest BCUT2D eigenvalue weighted by Crippen LogP contribution is -2.05.